The maximum Gasteiger partial charge on any atom is 0.276 e. The fraction of sp³-hybridized carbons (Fsp3) is 0.500. The van der Waals surface area contributed by atoms with Gasteiger partial charge in [-0.2, -0.15) is 0 Å². The predicted molar refractivity (Wildman–Crippen MR) is 94.6 cm³/mol. The van der Waals surface area contributed by atoms with Gasteiger partial charge in [0.1, 0.15) is 5.75 Å². The lowest BCUT2D eigenvalue weighted by molar-refractivity contribution is 0.0746. The van der Waals surface area contributed by atoms with E-state index >= 15 is 0 Å². The number of hydrogen-bond acceptors (Lipinski definition) is 5. The molecule has 0 atom stereocenters. The van der Waals surface area contributed by atoms with Crippen LogP contribution >= 0.6 is 0 Å². The van der Waals surface area contributed by atoms with Gasteiger partial charge in [-0.3, -0.25) is 4.79 Å². The molecule has 2 aromatic rings. The summed E-state index contributed by atoms with van der Waals surface area (Å²) in [7, 11) is 1.64. The Kier molecular flexibility index (Phi) is 5.65. The average molecular weight is 343 g/mol. The zero-order chi connectivity index (χ0) is 17.6. The summed E-state index contributed by atoms with van der Waals surface area (Å²) in [5, 5.41) is 11.6. The molecular weight excluding hydrogens is 318 g/mol. The van der Waals surface area contributed by atoms with Crippen molar-refractivity contribution in [3.63, 3.8) is 0 Å². The normalized spacial score (nSPS) is 15.1. The highest BCUT2D eigenvalue weighted by molar-refractivity contribution is 5.91. The molecule has 2 heterocycles. The van der Waals surface area contributed by atoms with Crippen LogP contribution in [0.15, 0.2) is 30.5 Å². The molecule has 7 heteroatoms. The molecule has 0 bridgehead atoms. The Hall–Kier alpha value is -2.41. The molecule has 1 aromatic heterocycles. The summed E-state index contributed by atoms with van der Waals surface area (Å²) in [4.78, 5) is 14.5. The van der Waals surface area contributed by atoms with Crippen LogP contribution in [-0.4, -0.2) is 52.5 Å². The van der Waals surface area contributed by atoms with E-state index in [0.717, 1.165) is 37.2 Å². The Balaban J connectivity index is 1.67. The van der Waals surface area contributed by atoms with Crippen LogP contribution in [-0.2, 0) is 6.54 Å². The van der Waals surface area contributed by atoms with E-state index in [9.17, 15) is 4.79 Å². The van der Waals surface area contributed by atoms with Gasteiger partial charge >= 0.3 is 0 Å². The summed E-state index contributed by atoms with van der Waals surface area (Å²) in [5.41, 5.74) is 1.47. The Morgan fingerprint density at radius 2 is 2.04 bits per heavy atom. The van der Waals surface area contributed by atoms with Crippen molar-refractivity contribution < 1.29 is 9.53 Å². The third-order valence-corrected chi connectivity index (χ3v) is 4.61. The topological polar surface area (TPSA) is 72.3 Å². The predicted octanol–water partition coefficient (Wildman–Crippen LogP) is 1.87. The van der Waals surface area contributed by atoms with Crippen LogP contribution in [0.25, 0.3) is 0 Å². The summed E-state index contributed by atoms with van der Waals surface area (Å²) < 4.78 is 7.01. The molecule has 134 valence electrons. The first-order valence-electron chi connectivity index (χ1n) is 8.76. The zero-order valence-corrected chi connectivity index (χ0v) is 14.8. The van der Waals surface area contributed by atoms with Crippen molar-refractivity contribution in [1.29, 1.82) is 0 Å². The molecule has 0 spiro atoms. The number of ether oxygens (including phenoxy) is 1. The van der Waals surface area contributed by atoms with Crippen LogP contribution in [0.2, 0.25) is 0 Å². The molecule has 25 heavy (non-hydrogen) atoms. The van der Waals surface area contributed by atoms with E-state index in [1.165, 1.54) is 0 Å². The van der Waals surface area contributed by atoms with Crippen LogP contribution in [0, 0.1) is 0 Å². The summed E-state index contributed by atoms with van der Waals surface area (Å²) in [5.74, 6) is 0.724. The number of carbonyl (C=O) groups excluding carboxylic acids is 1. The standard InChI is InChI=1S/C18H25N5O2/c1-3-22(12-14-4-6-16(25-2)7-5-14)18(24)17-13-23(21-20-17)15-8-10-19-11-9-15/h4-7,13,15,19H,3,8-12H2,1-2H3. The summed E-state index contributed by atoms with van der Waals surface area (Å²) >= 11 is 0. The minimum Gasteiger partial charge on any atom is -0.497 e. The van der Waals surface area contributed by atoms with E-state index in [4.69, 9.17) is 4.74 Å². The van der Waals surface area contributed by atoms with Gasteiger partial charge in [0, 0.05) is 13.1 Å². The van der Waals surface area contributed by atoms with Gasteiger partial charge in [-0.15, -0.1) is 5.10 Å². The van der Waals surface area contributed by atoms with Crippen molar-refractivity contribution >= 4 is 5.91 Å². The number of rotatable bonds is 6. The van der Waals surface area contributed by atoms with Crippen LogP contribution in [0.1, 0.15) is 41.9 Å². The Labute approximate surface area is 148 Å². The Morgan fingerprint density at radius 1 is 1.32 bits per heavy atom. The average Bonchev–Trinajstić information content (AvgIpc) is 3.17. The van der Waals surface area contributed by atoms with Gasteiger partial charge in [0.15, 0.2) is 5.69 Å². The van der Waals surface area contributed by atoms with Crippen molar-refractivity contribution in [3.8, 4) is 5.75 Å². The molecular formula is C18H25N5O2. The van der Waals surface area contributed by atoms with E-state index in [1.807, 2.05) is 35.9 Å². The van der Waals surface area contributed by atoms with Gasteiger partial charge in [0.2, 0.25) is 0 Å². The van der Waals surface area contributed by atoms with Gasteiger partial charge in [-0.1, -0.05) is 17.3 Å². The van der Waals surface area contributed by atoms with Gasteiger partial charge in [-0.05, 0) is 50.6 Å². The van der Waals surface area contributed by atoms with E-state index in [-0.39, 0.29) is 5.91 Å². The highest BCUT2D eigenvalue weighted by atomic mass is 16.5. The highest BCUT2D eigenvalue weighted by Crippen LogP contribution is 2.18. The van der Waals surface area contributed by atoms with Gasteiger partial charge in [0.25, 0.3) is 5.91 Å². The zero-order valence-electron chi connectivity index (χ0n) is 14.8. The Morgan fingerprint density at radius 3 is 2.68 bits per heavy atom. The van der Waals surface area contributed by atoms with Crippen molar-refractivity contribution in [2.45, 2.75) is 32.4 Å². The molecule has 0 aliphatic carbocycles. The van der Waals surface area contributed by atoms with Crippen molar-refractivity contribution in [3.05, 3.63) is 41.7 Å². The minimum absolute atomic E-state index is 0.0847. The fourth-order valence-electron chi connectivity index (χ4n) is 3.06. The van der Waals surface area contributed by atoms with E-state index in [1.54, 1.807) is 18.2 Å². The lowest BCUT2D eigenvalue weighted by atomic mass is 10.1. The van der Waals surface area contributed by atoms with Gasteiger partial charge < -0.3 is 15.0 Å². The number of methoxy groups -OCH3 is 1. The SMILES string of the molecule is CCN(Cc1ccc(OC)cc1)C(=O)c1cn(C2CCNCC2)nn1. The van der Waals surface area contributed by atoms with Crippen LogP contribution in [0.5, 0.6) is 5.75 Å². The summed E-state index contributed by atoms with van der Waals surface area (Å²) in [6.45, 7) is 5.09. The molecule has 7 nitrogen and oxygen atoms in total. The number of amides is 1. The number of aromatic nitrogens is 3. The maximum absolute atomic E-state index is 12.8. The summed E-state index contributed by atoms with van der Waals surface area (Å²) in [6, 6.07) is 8.08. The first kappa shape index (κ1) is 17.4. The van der Waals surface area contributed by atoms with Crippen molar-refractivity contribution in [2.24, 2.45) is 0 Å². The molecule has 0 saturated carbocycles. The number of carbonyl (C=O) groups is 1. The van der Waals surface area contributed by atoms with Crippen molar-refractivity contribution in [2.75, 3.05) is 26.7 Å². The summed E-state index contributed by atoms with van der Waals surface area (Å²) in [6.07, 6.45) is 3.82. The first-order chi connectivity index (χ1) is 12.2. The van der Waals surface area contributed by atoms with Crippen molar-refractivity contribution in [1.82, 2.24) is 25.2 Å². The molecule has 1 fully saturated rings. The third kappa shape index (κ3) is 4.17. The largest absolute Gasteiger partial charge is 0.497 e. The molecule has 1 aliphatic rings. The van der Waals surface area contributed by atoms with E-state index < -0.39 is 0 Å². The van der Waals surface area contributed by atoms with E-state index in [0.29, 0.717) is 24.8 Å². The lowest BCUT2D eigenvalue weighted by Crippen LogP contribution is -2.31. The molecule has 0 radical (unpaired) electrons. The monoisotopic (exact) mass is 343 g/mol. The maximum atomic E-state index is 12.8. The fourth-order valence-corrected chi connectivity index (χ4v) is 3.06. The minimum atomic E-state index is -0.0847. The molecule has 1 aromatic carbocycles. The molecule has 1 aliphatic heterocycles. The molecule has 1 saturated heterocycles. The lowest BCUT2D eigenvalue weighted by Gasteiger charge is -2.22. The van der Waals surface area contributed by atoms with Crippen LogP contribution in [0.3, 0.4) is 0 Å². The smallest absolute Gasteiger partial charge is 0.276 e. The second kappa shape index (κ2) is 8.11. The molecule has 1 N–H and O–H groups in total. The second-order valence-electron chi connectivity index (χ2n) is 6.23. The number of nitrogens with zero attached hydrogens (tertiary/aromatic N) is 4. The highest BCUT2D eigenvalue weighted by Gasteiger charge is 2.21. The molecule has 0 unspecified atom stereocenters. The number of piperidine rings is 1. The first-order valence-corrected chi connectivity index (χ1v) is 8.76. The van der Waals surface area contributed by atoms with Crippen LogP contribution in [0.4, 0.5) is 0 Å². The number of nitrogens with one attached hydrogen (secondary N) is 1. The second-order valence-corrected chi connectivity index (χ2v) is 6.23. The van der Waals surface area contributed by atoms with Gasteiger partial charge in [0.05, 0.1) is 19.3 Å². The molecule has 1 amide bonds. The molecule has 3 rings (SSSR count). The quantitative estimate of drug-likeness (QED) is 0.867. The Bertz CT molecular complexity index is 692. The van der Waals surface area contributed by atoms with Crippen LogP contribution < -0.4 is 10.1 Å². The number of benzene rings is 1. The van der Waals surface area contributed by atoms with E-state index in [2.05, 4.69) is 15.6 Å². The van der Waals surface area contributed by atoms with Gasteiger partial charge in [-0.25, -0.2) is 4.68 Å². The third-order valence-electron chi connectivity index (χ3n) is 4.61. The number of hydrogen-bond donors (Lipinski definition) is 1.